The van der Waals surface area contributed by atoms with Crippen LogP contribution in [0.25, 0.3) is 0 Å². The number of rotatable bonds is 7. The third kappa shape index (κ3) is 5.09. The molecule has 4 nitrogen and oxygen atoms in total. The lowest BCUT2D eigenvalue weighted by Gasteiger charge is -2.09. The van der Waals surface area contributed by atoms with Crippen LogP contribution in [-0.2, 0) is 11.2 Å². The predicted molar refractivity (Wildman–Crippen MR) is 101 cm³/mol. The number of carbonyl (C=O) groups is 1. The molecule has 0 unspecified atom stereocenters. The lowest BCUT2D eigenvalue weighted by Crippen LogP contribution is -2.13. The lowest BCUT2D eigenvalue weighted by molar-refractivity contribution is -0.115. The Balaban J connectivity index is 1.55. The lowest BCUT2D eigenvalue weighted by atomic mass is 10.2. The first kappa shape index (κ1) is 17.0. The monoisotopic (exact) mass is 353 g/mol. The second-order valence-electron chi connectivity index (χ2n) is 5.34. The van der Waals surface area contributed by atoms with Crippen molar-refractivity contribution >= 4 is 22.9 Å². The highest BCUT2D eigenvalue weighted by atomic mass is 32.1. The van der Waals surface area contributed by atoms with Crippen LogP contribution in [0.1, 0.15) is 11.8 Å². The molecular formula is C20H19NO3S. The quantitative estimate of drug-likeness (QED) is 0.641. The summed E-state index contributed by atoms with van der Waals surface area (Å²) in [7, 11) is 0. The highest BCUT2D eigenvalue weighted by Crippen LogP contribution is 2.25. The van der Waals surface area contributed by atoms with E-state index in [1.807, 2.05) is 73.0 Å². The molecule has 0 spiro atoms. The van der Waals surface area contributed by atoms with Crippen LogP contribution in [0.3, 0.4) is 0 Å². The molecule has 25 heavy (non-hydrogen) atoms. The standard InChI is InChI=1S/C20H19NO3S/c1-2-23-16-9-11-18(12-10-16)24-17-7-5-15(6-8-17)21-20(22)14-19-4-3-13-25-19/h3-13H,2,14H2,1H3,(H,21,22). The predicted octanol–water partition coefficient (Wildman–Crippen LogP) is 5.12. The number of carbonyl (C=O) groups excluding carboxylic acids is 1. The zero-order chi connectivity index (χ0) is 17.5. The third-order valence-corrected chi connectivity index (χ3v) is 4.30. The van der Waals surface area contributed by atoms with Crippen molar-refractivity contribution in [3.8, 4) is 17.2 Å². The summed E-state index contributed by atoms with van der Waals surface area (Å²) in [5.74, 6) is 2.24. The molecule has 2 aromatic carbocycles. The SMILES string of the molecule is CCOc1ccc(Oc2ccc(NC(=O)Cc3cccs3)cc2)cc1. The van der Waals surface area contributed by atoms with Crippen molar-refractivity contribution in [2.45, 2.75) is 13.3 Å². The van der Waals surface area contributed by atoms with E-state index in [2.05, 4.69) is 5.32 Å². The molecule has 128 valence electrons. The average Bonchev–Trinajstić information content (AvgIpc) is 3.11. The molecule has 0 atom stereocenters. The van der Waals surface area contributed by atoms with Crippen molar-refractivity contribution in [3.63, 3.8) is 0 Å². The fraction of sp³-hybridized carbons (Fsp3) is 0.150. The number of anilines is 1. The van der Waals surface area contributed by atoms with Gasteiger partial charge in [0.1, 0.15) is 17.2 Å². The highest BCUT2D eigenvalue weighted by molar-refractivity contribution is 7.10. The minimum atomic E-state index is -0.0253. The minimum absolute atomic E-state index is 0.0253. The van der Waals surface area contributed by atoms with Gasteiger partial charge in [-0.05, 0) is 66.9 Å². The molecule has 0 aliphatic rings. The van der Waals surface area contributed by atoms with Crippen molar-refractivity contribution in [1.29, 1.82) is 0 Å². The zero-order valence-electron chi connectivity index (χ0n) is 13.9. The Morgan fingerprint density at radius 1 is 0.960 bits per heavy atom. The first-order valence-electron chi connectivity index (χ1n) is 8.06. The number of thiophene rings is 1. The first-order chi connectivity index (χ1) is 12.2. The van der Waals surface area contributed by atoms with Gasteiger partial charge >= 0.3 is 0 Å². The summed E-state index contributed by atoms with van der Waals surface area (Å²) < 4.78 is 11.2. The van der Waals surface area contributed by atoms with Gasteiger partial charge in [-0.25, -0.2) is 0 Å². The molecule has 0 saturated carbocycles. The van der Waals surface area contributed by atoms with Gasteiger partial charge in [0.15, 0.2) is 0 Å². The van der Waals surface area contributed by atoms with Crippen LogP contribution >= 0.6 is 11.3 Å². The van der Waals surface area contributed by atoms with Gasteiger partial charge in [0.05, 0.1) is 13.0 Å². The molecule has 1 aromatic heterocycles. The maximum absolute atomic E-state index is 12.0. The Morgan fingerprint density at radius 3 is 2.20 bits per heavy atom. The second kappa shape index (κ2) is 8.35. The molecule has 0 aliphatic heterocycles. The highest BCUT2D eigenvalue weighted by Gasteiger charge is 2.05. The van der Waals surface area contributed by atoms with E-state index in [4.69, 9.17) is 9.47 Å². The largest absolute Gasteiger partial charge is 0.494 e. The van der Waals surface area contributed by atoms with E-state index in [0.717, 1.165) is 22.1 Å². The number of amides is 1. The van der Waals surface area contributed by atoms with Crippen molar-refractivity contribution < 1.29 is 14.3 Å². The maximum Gasteiger partial charge on any atom is 0.229 e. The van der Waals surface area contributed by atoms with E-state index in [9.17, 15) is 4.79 Å². The van der Waals surface area contributed by atoms with Crippen LogP contribution in [0.4, 0.5) is 5.69 Å². The van der Waals surface area contributed by atoms with Gasteiger partial charge in [0.25, 0.3) is 0 Å². The van der Waals surface area contributed by atoms with Gasteiger partial charge in [-0.15, -0.1) is 11.3 Å². The van der Waals surface area contributed by atoms with Gasteiger partial charge in [-0.3, -0.25) is 4.79 Å². The Hall–Kier alpha value is -2.79. The summed E-state index contributed by atoms with van der Waals surface area (Å²) in [6, 6.07) is 18.7. The summed E-state index contributed by atoms with van der Waals surface area (Å²) in [5.41, 5.74) is 0.751. The molecule has 0 radical (unpaired) electrons. The summed E-state index contributed by atoms with van der Waals surface area (Å²) in [6.07, 6.45) is 0.391. The second-order valence-corrected chi connectivity index (χ2v) is 6.37. The number of nitrogens with one attached hydrogen (secondary N) is 1. The number of benzene rings is 2. The van der Waals surface area contributed by atoms with E-state index >= 15 is 0 Å². The van der Waals surface area contributed by atoms with Gasteiger partial charge in [-0.1, -0.05) is 6.07 Å². The number of hydrogen-bond acceptors (Lipinski definition) is 4. The van der Waals surface area contributed by atoms with Crippen molar-refractivity contribution in [1.82, 2.24) is 0 Å². The van der Waals surface area contributed by atoms with Crippen LogP contribution in [-0.4, -0.2) is 12.5 Å². The Morgan fingerprint density at radius 2 is 1.60 bits per heavy atom. The van der Waals surface area contributed by atoms with Crippen LogP contribution in [0.15, 0.2) is 66.0 Å². The third-order valence-electron chi connectivity index (χ3n) is 3.42. The molecule has 5 heteroatoms. The normalized spacial score (nSPS) is 10.3. The fourth-order valence-corrected chi connectivity index (χ4v) is 2.99. The summed E-state index contributed by atoms with van der Waals surface area (Å²) in [4.78, 5) is 13.0. The van der Waals surface area contributed by atoms with Gasteiger partial charge in [0.2, 0.25) is 5.91 Å². The Kier molecular flexibility index (Phi) is 5.69. The van der Waals surface area contributed by atoms with Crippen LogP contribution in [0.2, 0.25) is 0 Å². The van der Waals surface area contributed by atoms with Gasteiger partial charge < -0.3 is 14.8 Å². The topological polar surface area (TPSA) is 47.6 Å². The molecule has 3 aromatic rings. The van der Waals surface area contributed by atoms with Gasteiger partial charge in [-0.2, -0.15) is 0 Å². The maximum atomic E-state index is 12.0. The smallest absolute Gasteiger partial charge is 0.229 e. The fourth-order valence-electron chi connectivity index (χ4n) is 2.29. The first-order valence-corrected chi connectivity index (χ1v) is 8.94. The molecule has 0 fully saturated rings. The zero-order valence-corrected chi connectivity index (χ0v) is 14.7. The summed E-state index contributed by atoms with van der Waals surface area (Å²) in [6.45, 7) is 2.59. The van der Waals surface area contributed by atoms with Crippen LogP contribution in [0, 0.1) is 0 Å². The number of ether oxygens (including phenoxy) is 2. The van der Waals surface area contributed by atoms with Crippen LogP contribution in [0.5, 0.6) is 17.2 Å². The molecule has 0 saturated heterocycles. The summed E-state index contributed by atoms with van der Waals surface area (Å²) in [5, 5.41) is 4.86. The van der Waals surface area contributed by atoms with E-state index in [-0.39, 0.29) is 5.91 Å². The van der Waals surface area contributed by atoms with E-state index < -0.39 is 0 Å². The van der Waals surface area contributed by atoms with E-state index in [1.165, 1.54) is 0 Å². The molecule has 1 heterocycles. The van der Waals surface area contributed by atoms with Crippen molar-refractivity contribution in [2.24, 2.45) is 0 Å². The summed E-state index contributed by atoms with van der Waals surface area (Å²) >= 11 is 1.58. The van der Waals surface area contributed by atoms with Crippen molar-refractivity contribution in [3.05, 3.63) is 70.9 Å². The van der Waals surface area contributed by atoms with E-state index in [1.54, 1.807) is 11.3 Å². The Labute approximate surface area is 151 Å². The molecule has 3 rings (SSSR count). The average molecular weight is 353 g/mol. The minimum Gasteiger partial charge on any atom is -0.494 e. The molecule has 0 bridgehead atoms. The molecule has 0 aliphatic carbocycles. The molecule has 1 amide bonds. The van der Waals surface area contributed by atoms with E-state index in [0.29, 0.717) is 18.8 Å². The molecular weight excluding hydrogens is 334 g/mol. The van der Waals surface area contributed by atoms with Crippen molar-refractivity contribution in [2.75, 3.05) is 11.9 Å². The molecule has 1 N–H and O–H groups in total. The van der Waals surface area contributed by atoms with Crippen LogP contribution < -0.4 is 14.8 Å². The Bertz CT molecular complexity index is 796. The van der Waals surface area contributed by atoms with Gasteiger partial charge in [0, 0.05) is 10.6 Å². The number of hydrogen-bond donors (Lipinski definition) is 1.